The minimum absolute atomic E-state index is 0.509. The number of nitrogens with one attached hydrogen (secondary N) is 1. The topological polar surface area (TPSA) is 49.4 Å². The molecule has 0 aromatic rings. The molecule has 2 unspecified atom stereocenters. The molecule has 1 N–H and O–H groups in total. The van der Waals surface area contributed by atoms with Crippen molar-refractivity contribution >= 4 is 10.0 Å². The number of nitrogens with zero attached hydrogens (tertiary/aromatic N) is 1. The van der Waals surface area contributed by atoms with Gasteiger partial charge in [0, 0.05) is 19.1 Å². The van der Waals surface area contributed by atoms with Gasteiger partial charge in [0.05, 0.1) is 6.26 Å². The van der Waals surface area contributed by atoms with E-state index in [4.69, 9.17) is 0 Å². The Kier molecular flexibility index (Phi) is 6.95. The molecule has 4 nitrogen and oxygen atoms in total. The van der Waals surface area contributed by atoms with Crippen LogP contribution in [0.2, 0.25) is 0 Å². The van der Waals surface area contributed by atoms with Crippen LogP contribution < -0.4 is 5.32 Å². The van der Waals surface area contributed by atoms with Crippen molar-refractivity contribution in [2.24, 2.45) is 17.8 Å². The molecule has 1 aliphatic rings. The lowest BCUT2D eigenvalue weighted by Crippen LogP contribution is -2.41. The van der Waals surface area contributed by atoms with Crippen LogP contribution in [0.1, 0.15) is 47.0 Å². The average molecular weight is 305 g/mol. The van der Waals surface area contributed by atoms with Crippen molar-refractivity contribution in [3.8, 4) is 0 Å². The molecule has 0 aliphatic carbocycles. The van der Waals surface area contributed by atoms with Crippen LogP contribution in [-0.2, 0) is 10.0 Å². The molecule has 0 aromatic heterocycles. The van der Waals surface area contributed by atoms with Crippen LogP contribution in [0.5, 0.6) is 0 Å². The molecule has 0 aromatic carbocycles. The summed E-state index contributed by atoms with van der Waals surface area (Å²) in [6, 6.07) is 0.509. The Morgan fingerprint density at radius 2 is 1.90 bits per heavy atom. The largest absolute Gasteiger partial charge is 0.314 e. The Labute approximate surface area is 125 Å². The van der Waals surface area contributed by atoms with E-state index in [2.05, 4.69) is 33.0 Å². The number of sulfonamides is 1. The summed E-state index contributed by atoms with van der Waals surface area (Å²) in [5.41, 5.74) is 0. The van der Waals surface area contributed by atoms with Crippen LogP contribution >= 0.6 is 0 Å². The van der Waals surface area contributed by atoms with Gasteiger partial charge in [-0.3, -0.25) is 0 Å². The quantitative estimate of drug-likeness (QED) is 0.785. The molecule has 0 amide bonds. The smallest absolute Gasteiger partial charge is 0.211 e. The van der Waals surface area contributed by atoms with Gasteiger partial charge in [-0.25, -0.2) is 12.7 Å². The Balaban J connectivity index is 2.55. The molecule has 0 bridgehead atoms. The van der Waals surface area contributed by atoms with E-state index in [1.54, 1.807) is 4.31 Å². The van der Waals surface area contributed by atoms with Gasteiger partial charge >= 0.3 is 0 Å². The number of piperidine rings is 1. The second kappa shape index (κ2) is 7.76. The number of rotatable bonds is 7. The second-order valence-electron chi connectivity index (χ2n) is 6.93. The fourth-order valence-corrected chi connectivity index (χ4v) is 3.87. The summed E-state index contributed by atoms with van der Waals surface area (Å²) in [7, 11) is -3.02. The molecule has 1 heterocycles. The van der Waals surface area contributed by atoms with Crippen molar-refractivity contribution in [2.75, 3.05) is 25.9 Å². The third kappa shape index (κ3) is 6.10. The van der Waals surface area contributed by atoms with Crippen molar-refractivity contribution in [1.82, 2.24) is 9.62 Å². The summed E-state index contributed by atoms with van der Waals surface area (Å²) < 4.78 is 25.0. The van der Waals surface area contributed by atoms with Crippen molar-refractivity contribution in [3.05, 3.63) is 0 Å². The molecular weight excluding hydrogens is 272 g/mol. The zero-order valence-corrected chi connectivity index (χ0v) is 14.5. The van der Waals surface area contributed by atoms with Gasteiger partial charge in [-0.1, -0.05) is 27.7 Å². The van der Waals surface area contributed by atoms with Crippen molar-refractivity contribution < 1.29 is 8.42 Å². The Bertz CT molecular complexity index is 379. The summed E-state index contributed by atoms with van der Waals surface area (Å²) in [5.74, 6) is 1.77. The first-order chi connectivity index (χ1) is 9.20. The van der Waals surface area contributed by atoms with E-state index in [9.17, 15) is 8.42 Å². The third-order valence-electron chi connectivity index (χ3n) is 4.32. The zero-order valence-electron chi connectivity index (χ0n) is 13.7. The number of hydrogen-bond acceptors (Lipinski definition) is 3. The highest BCUT2D eigenvalue weighted by Crippen LogP contribution is 2.27. The van der Waals surface area contributed by atoms with Crippen molar-refractivity contribution in [1.29, 1.82) is 0 Å². The fourth-order valence-electron chi connectivity index (χ4n) is 2.93. The molecular formula is C15H32N2O2S. The Morgan fingerprint density at radius 1 is 1.25 bits per heavy atom. The fraction of sp³-hybridized carbons (Fsp3) is 1.00. The molecule has 0 spiro atoms. The summed E-state index contributed by atoms with van der Waals surface area (Å²) in [4.78, 5) is 0. The predicted octanol–water partition coefficient (Wildman–Crippen LogP) is 2.32. The maximum absolute atomic E-state index is 11.7. The maximum atomic E-state index is 11.7. The van der Waals surface area contributed by atoms with E-state index < -0.39 is 10.0 Å². The highest BCUT2D eigenvalue weighted by Gasteiger charge is 2.28. The van der Waals surface area contributed by atoms with Gasteiger partial charge in [-0.15, -0.1) is 0 Å². The van der Waals surface area contributed by atoms with E-state index in [-0.39, 0.29) is 0 Å². The molecule has 0 saturated carbocycles. The van der Waals surface area contributed by atoms with E-state index in [1.165, 1.54) is 6.26 Å². The van der Waals surface area contributed by atoms with Crippen LogP contribution in [0, 0.1) is 17.8 Å². The standard InChI is InChI=1S/C15H32N2O2S/c1-12(2)15(10-16-13(3)4)9-14-7-6-8-17(11-14)20(5,18)19/h12-16H,6-11H2,1-5H3. The second-order valence-corrected chi connectivity index (χ2v) is 8.91. The lowest BCUT2D eigenvalue weighted by molar-refractivity contribution is 0.204. The lowest BCUT2D eigenvalue weighted by Gasteiger charge is -2.34. The summed E-state index contributed by atoms with van der Waals surface area (Å²) in [6.45, 7) is 11.3. The van der Waals surface area contributed by atoms with Gasteiger partial charge in [0.15, 0.2) is 0 Å². The molecule has 1 rings (SSSR count). The molecule has 1 saturated heterocycles. The normalized spacial score (nSPS) is 23.4. The van der Waals surface area contributed by atoms with E-state index in [0.29, 0.717) is 36.9 Å². The zero-order chi connectivity index (χ0) is 15.3. The molecule has 120 valence electrons. The van der Waals surface area contributed by atoms with Gasteiger partial charge in [0.1, 0.15) is 0 Å². The monoisotopic (exact) mass is 304 g/mol. The third-order valence-corrected chi connectivity index (χ3v) is 5.59. The van der Waals surface area contributed by atoms with Crippen LogP contribution in [0.3, 0.4) is 0 Å². The molecule has 1 aliphatic heterocycles. The first kappa shape index (κ1) is 17.9. The average Bonchev–Trinajstić information content (AvgIpc) is 2.33. The molecule has 1 fully saturated rings. The SMILES string of the molecule is CC(C)NCC(CC1CCCN(S(C)(=O)=O)C1)C(C)C. The van der Waals surface area contributed by atoms with Crippen LogP contribution in [0.25, 0.3) is 0 Å². The lowest BCUT2D eigenvalue weighted by atomic mass is 9.83. The van der Waals surface area contributed by atoms with Crippen LogP contribution in [0.15, 0.2) is 0 Å². The molecule has 20 heavy (non-hydrogen) atoms. The van der Waals surface area contributed by atoms with E-state index in [1.807, 2.05) is 0 Å². The van der Waals surface area contributed by atoms with E-state index >= 15 is 0 Å². The maximum Gasteiger partial charge on any atom is 0.211 e. The predicted molar refractivity (Wildman–Crippen MR) is 85.2 cm³/mol. The summed E-state index contributed by atoms with van der Waals surface area (Å²) in [5, 5.41) is 3.53. The molecule has 5 heteroatoms. The highest BCUT2D eigenvalue weighted by molar-refractivity contribution is 7.88. The van der Waals surface area contributed by atoms with Gasteiger partial charge in [0.25, 0.3) is 0 Å². The van der Waals surface area contributed by atoms with Gasteiger partial charge in [-0.05, 0) is 43.6 Å². The first-order valence-corrected chi connectivity index (χ1v) is 9.73. The first-order valence-electron chi connectivity index (χ1n) is 7.88. The van der Waals surface area contributed by atoms with Gasteiger partial charge in [0.2, 0.25) is 10.0 Å². The molecule has 0 radical (unpaired) electrons. The summed E-state index contributed by atoms with van der Waals surface area (Å²) in [6.07, 6.45) is 4.62. The summed E-state index contributed by atoms with van der Waals surface area (Å²) >= 11 is 0. The van der Waals surface area contributed by atoms with Gasteiger partial charge < -0.3 is 5.32 Å². The van der Waals surface area contributed by atoms with Crippen molar-refractivity contribution in [2.45, 2.75) is 53.0 Å². The Hall–Kier alpha value is -0.130. The van der Waals surface area contributed by atoms with Crippen molar-refractivity contribution in [3.63, 3.8) is 0 Å². The minimum atomic E-state index is -3.02. The molecule has 2 atom stereocenters. The Morgan fingerprint density at radius 3 is 2.40 bits per heavy atom. The van der Waals surface area contributed by atoms with Gasteiger partial charge in [-0.2, -0.15) is 0 Å². The minimum Gasteiger partial charge on any atom is -0.314 e. The number of hydrogen-bond donors (Lipinski definition) is 1. The van der Waals surface area contributed by atoms with Crippen LogP contribution in [-0.4, -0.2) is 44.7 Å². The van der Waals surface area contributed by atoms with E-state index in [0.717, 1.165) is 25.8 Å². The van der Waals surface area contributed by atoms with Crippen LogP contribution in [0.4, 0.5) is 0 Å². The highest BCUT2D eigenvalue weighted by atomic mass is 32.2.